The summed E-state index contributed by atoms with van der Waals surface area (Å²) in [5, 5.41) is 5.30. The summed E-state index contributed by atoms with van der Waals surface area (Å²) in [5.41, 5.74) is 9.37. The number of thiophene rings is 1. The molecule has 0 spiro atoms. The van der Waals surface area contributed by atoms with Crippen molar-refractivity contribution in [2.75, 3.05) is 0 Å². The molecule has 35 heavy (non-hydrogen) atoms. The molecule has 1 aliphatic carbocycles. The van der Waals surface area contributed by atoms with Gasteiger partial charge < -0.3 is 4.57 Å². The molecule has 0 atom stereocenters. The van der Waals surface area contributed by atoms with Gasteiger partial charge in [-0.1, -0.05) is 86.6 Å². The number of hydrogen-bond acceptors (Lipinski definition) is 1. The minimum absolute atomic E-state index is 0.0189. The van der Waals surface area contributed by atoms with E-state index in [4.69, 9.17) is 0 Å². The zero-order valence-electron chi connectivity index (χ0n) is 19.7. The van der Waals surface area contributed by atoms with Crippen molar-refractivity contribution in [2.24, 2.45) is 0 Å². The Hall–Kier alpha value is -3.88. The highest BCUT2D eigenvalue weighted by Crippen LogP contribution is 2.52. The zero-order chi connectivity index (χ0) is 23.3. The van der Waals surface area contributed by atoms with Gasteiger partial charge in [-0.3, -0.25) is 0 Å². The average Bonchev–Trinajstić information content (AvgIpc) is 3.50. The average molecular weight is 466 g/mol. The van der Waals surface area contributed by atoms with Gasteiger partial charge in [-0.25, -0.2) is 0 Å². The van der Waals surface area contributed by atoms with Crippen molar-refractivity contribution in [3.05, 3.63) is 114 Å². The van der Waals surface area contributed by atoms with Gasteiger partial charge in [0.15, 0.2) is 0 Å². The van der Waals surface area contributed by atoms with E-state index in [-0.39, 0.29) is 5.41 Å². The van der Waals surface area contributed by atoms with Gasteiger partial charge >= 0.3 is 0 Å². The van der Waals surface area contributed by atoms with Crippen LogP contribution in [0.1, 0.15) is 25.0 Å². The lowest BCUT2D eigenvalue weighted by Gasteiger charge is -2.21. The molecular weight excluding hydrogens is 442 g/mol. The molecule has 2 heteroatoms. The Morgan fingerprint density at radius 3 is 2.26 bits per heavy atom. The Labute approximate surface area is 207 Å². The van der Waals surface area contributed by atoms with Crippen LogP contribution in [0.2, 0.25) is 0 Å². The van der Waals surface area contributed by atoms with Crippen LogP contribution in [0.15, 0.2) is 103 Å². The first kappa shape index (κ1) is 19.4. The minimum Gasteiger partial charge on any atom is -0.309 e. The quantitative estimate of drug-likeness (QED) is 0.227. The van der Waals surface area contributed by atoms with Crippen LogP contribution in [0.25, 0.3) is 58.8 Å². The number of aromatic nitrogens is 1. The van der Waals surface area contributed by atoms with Gasteiger partial charge in [0.05, 0.1) is 11.0 Å². The fourth-order valence-corrected chi connectivity index (χ4v) is 7.45. The van der Waals surface area contributed by atoms with Gasteiger partial charge in [-0.05, 0) is 47.0 Å². The van der Waals surface area contributed by atoms with E-state index < -0.39 is 0 Å². The zero-order valence-corrected chi connectivity index (χ0v) is 20.5. The van der Waals surface area contributed by atoms with Gasteiger partial charge in [0.2, 0.25) is 0 Å². The number of benzene rings is 5. The molecule has 2 aromatic heterocycles. The third-order valence-corrected chi connectivity index (χ3v) is 9.15. The maximum atomic E-state index is 2.51. The van der Waals surface area contributed by atoms with Crippen LogP contribution >= 0.6 is 11.3 Å². The number of rotatable bonds is 1. The SMILES string of the molecule is CC1(C)c2ccccc2-c2c1ccc1c3ccccc3n(-c3ccc4sc5ccccc5c4c3)c21. The molecule has 8 rings (SSSR count). The van der Waals surface area contributed by atoms with E-state index in [9.17, 15) is 0 Å². The molecule has 2 heterocycles. The predicted octanol–water partition coefficient (Wildman–Crippen LogP) is 9.46. The van der Waals surface area contributed by atoms with Crippen LogP contribution in [0.5, 0.6) is 0 Å². The van der Waals surface area contributed by atoms with Crippen LogP contribution in [0, 0.1) is 0 Å². The van der Waals surface area contributed by atoms with E-state index in [0.717, 1.165) is 0 Å². The van der Waals surface area contributed by atoms with E-state index >= 15 is 0 Å². The summed E-state index contributed by atoms with van der Waals surface area (Å²) in [7, 11) is 0. The van der Waals surface area contributed by atoms with E-state index in [1.807, 2.05) is 11.3 Å². The molecule has 0 fully saturated rings. The minimum atomic E-state index is -0.0189. The number of hydrogen-bond donors (Lipinski definition) is 0. The molecule has 0 saturated heterocycles. The van der Waals surface area contributed by atoms with Gasteiger partial charge in [0.25, 0.3) is 0 Å². The number of para-hydroxylation sites is 1. The normalized spacial score (nSPS) is 14.2. The summed E-state index contributed by atoms with van der Waals surface area (Å²) in [4.78, 5) is 0. The Morgan fingerprint density at radius 1 is 0.600 bits per heavy atom. The highest BCUT2D eigenvalue weighted by atomic mass is 32.1. The molecule has 0 unspecified atom stereocenters. The molecule has 0 bridgehead atoms. The largest absolute Gasteiger partial charge is 0.309 e. The fraction of sp³-hybridized carbons (Fsp3) is 0.0909. The highest BCUT2D eigenvalue weighted by molar-refractivity contribution is 7.25. The van der Waals surface area contributed by atoms with Crippen LogP contribution < -0.4 is 0 Å². The van der Waals surface area contributed by atoms with Crippen molar-refractivity contribution >= 4 is 53.3 Å². The molecule has 1 nitrogen and oxygen atoms in total. The highest BCUT2D eigenvalue weighted by Gasteiger charge is 2.37. The van der Waals surface area contributed by atoms with Crippen LogP contribution in [-0.2, 0) is 5.41 Å². The summed E-state index contributed by atoms with van der Waals surface area (Å²) in [6, 6.07) is 38.3. The Bertz CT molecular complexity index is 1980. The molecule has 1 aliphatic rings. The molecule has 5 aromatic carbocycles. The molecule has 166 valence electrons. The van der Waals surface area contributed by atoms with Crippen molar-refractivity contribution < 1.29 is 0 Å². The third-order valence-electron chi connectivity index (χ3n) is 8.00. The maximum Gasteiger partial charge on any atom is 0.0622 e. The van der Waals surface area contributed by atoms with Gasteiger partial charge in [0.1, 0.15) is 0 Å². The summed E-state index contributed by atoms with van der Waals surface area (Å²) in [5.74, 6) is 0. The Balaban J connectivity index is 1.56. The molecule has 0 N–H and O–H groups in total. The first-order valence-corrected chi connectivity index (χ1v) is 13.0. The number of nitrogens with zero attached hydrogens (tertiary/aromatic N) is 1. The van der Waals surface area contributed by atoms with E-state index in [2.05, 4.69) is 122 Å². The lowest BCUT2D eigenvalue weighted by Crippen LogP contribution is -2.14. The fourth-order valence-electron chi connectivity index (χ4n) is 6.36. The Kier molecular flexibility index (Phi) is 3.67. The lowest BCUT2D eigenvalue weighted by molar-refractivity contribution is 0.661. The summed E-state index contributed by atoms with van der Waals surface area (Å²) >= 11 is 1.88. The van der Waals surface area contributed by atoms with E-state index in [0.29, 0.717) is 0 Å². The van der Waals surface area contributed by atoms with Gasteiger partial charge in [-0.2, -0.15) is 0 Å². The lowest BCUT2D eigenvalue weighted by atomic mass is 9.82. The van der Waals surface area contributed by atoms with E-state index in [1.54, 1.807) is 0 Å². The molecule has 0 saturated carbocycles. The van der Waals surface area contributed by atoms with Gasteiger partial charge in [0, 0.05) is 47.6 Å². The predicted molar refractivity (Wildman–Crippen MR) is 151 cm³/mol. The topological polar surface area (TPSA) is 4.93 Å². The van der Waals surface area contributed by atoms with Crippen molar-refractivity contribution in [1.29, 1.82) is 0 Å². The van der Waals surface area contributed by atoms with Crippen molar-refractivity contribution in [3.63, 3.8) is 0 Å². The molecular formula is C33H23NS. The second kappa shape index (κ2) is 6.62. The third kappa shape index (κ3) is 2.42. The monoisotopic (exact) mass is 465 g/mol. The van der Waals surface area contributed by atoms with Crippen LogP contribution in [0.3, 0.4) is 0 Å². The second-order valence-electron chi connectivity index (χ2n) is 10.2. The first-order chi connectivity index (χ1) is 17.1. The van der Waals surface area contributed by atoms with Crippen molar-refractivity contribution in [3.8, 4) is 16.8 Å². The summed E-state index contributed by atoms with van der Waals surface area (Å²) in [6.45, 7) is 4.72. The van der Waals surface area contributed by atoms with E-state index in [1.165, 1.54) is 69.9 Å². The van der Waals surface area contributed by atoms with Crippen LogP contribution in [0.4, 0.5) is 0 Å². The molecule has 0 amide bonds. The van der Waals surface area contributed by atoms with Gasteiger partial charge in [-0.15, -0.1) is 11.3 Å². The summed E-state index contributed by atoms with van der Waals surface area (Å²) in [6.07, 6.45) is 0. The van der Waals surface area contributed by atoms with Crippen molar-refractivity contribution in [2.45, 2.75) is 19.3 Å². The molecule has 0 radical (unpaired) electrons. The second-order valence-corrected chi connectivity index (χ2v) is 11.3. The van der Waals surface area contributed by atoms with Crippen molar-refractivity contribution in [1.82, 2.24) is 4.57 Å². The molecule has 7 aromatic rings. The summed E-state index contributed by atoms with van der Waals surface area (Å²) < 4.78 is 5.19. The Morgan fingerprint density at radius 2 is 1.34 bits per heavy atom. The molecule has 0 aliphatic heterocycles. The first-order valence-electron chi connectivity index (χ1n) is 12.2. The smallest absolute Gasteiger partial charge is 0.0622 e. The maximum absolute atomic E-state index is 2.51. The van der Waals surface area contributed by atoms with Crippen LogP contribution in [-0.4, -0.2) is 4.57 Å². The number of fused-ring (bicyclic) bond motifs is 10. The standard InChI is InChI=1S/C33H23NS/c1-33(2)26-12-6-3-11-24(26)31-27(33)17-16-23-21-9-4-7-13-28(21)34(32(23)31)20-15-18-30-25(19-20)22-10-5-8-14-29(22)35-30/h3-19H,1-2H3.